The van der Waals surface area contributed by atoms with Gasteiger partial charge < -0.3 is 4.74 Å². The number of aromatic nitrogens is 2. The van der Waals surface area contributed by atoms with E-state index in [1.165, 1.54) is 21.9 Å². The molecule has 0 bridgehead atoms. The monoisotopic (exact) mass is 346 g/mol. The summed E-state index contributed by atoms with van der Waals surface area (Å²) in [6, 6.07) is 14.9. The molecule has 1 aliphatic carbocycles. The number of hydrogen-bond donors (Lipinski definition) is 0. The molecule has 0 aliphatic heterocycles. The Morgan fingerprint density at radius 1 is 1.19 bits per heavy atom. The van der Waals surface area contributed by atoms with Crippen molar-refractivity contribution in [2.45, 2.75) is 32.7 Å². The largest absolute Gasteiger partial charge is 0.463 e. The molecule has 0 atom stereocenters. The summed E-state index contributed by atoms with van der Waals surface area (Å²) in [6.45, 7) is 2.94. The number of rotatable bonds is 4. The molecule has 2 aromatic carbocycles. The fraction of sp³-hybridized carbons (Fsp3) is 0.273. The Bertz CT molecular complexity index is 985. The molecule has 0 saturated heterocycles. The number of fused-ring (bicyclic) bond motifs is 2. The van der Waals surface area contributed by atoms with Crippen molar-refractivity contribution in [1.29, 1.82) is 0 Å². The van der Waals surface area contributed by atoms with E-state index < -0.39 is 0 Å². The molecule has 1 aromatic heterocycles. The quantitative estimate of drug-likeness (QED) is 0.520. The maximum absolute atomic E-state index is 11.8. The number of nitrogens with zero attached hydrogens (tertiary/aromatic N) is 2. The number of benzene rings is 2. The Morgan fingerprint density at radius 3 is 2.88 bits per heavy atom. The second kappa shape index (κ2) is 7.16. The fourth-order valence-electron chi connectivity index (χ4n) is 3.58. The van der Waals surface area contributed by atoms with Crippen LogP contribution in [0.2, 0.25) is 0 Å². The van der Waals surface area contributed by atoms with Crippen LogP contribution >= 0.6 is 0 Å². The summed E-state index contributed by atoms with van der Waals surface area (Å²) in [6.07, 6.45) is 6.64. The maximum Gasteiger partial charge on any atom is 0.331 e. The SMILES string of the molecule is CCOC(=O)/C=C1\CCCc2cn(Cc3ccc4ccccc4c3)nc21. The van der Waals surface area contributed by atoms with Gasteiger partial charge in [0.2, 0.25) is 0 Å². The molecule has 3 aromatic rings. The molecule has 0 amide bonds. The molecule has 0 radical (unpaired) electrons. The van der Waals surface area contributed by atoms with Gasteiger partial charge in [0.05, 0.1) is 18.8 Å². The van der Waals surface area contributed by atoms with Crippen LogP contribution in [0.1, 0.15) is 36.6 Å². The van der Waals surface area contributed by atoms with Crippen molar-refractivity contribution in [3.8, 4) is 0 Å². The van der Waals surface area contributed by atoms with E-state index in [-0.39, 0.29) is 5.97 Å². The molecular weight excluding hydrogens is 324 g/mol. The lowest BCUT2D eigenvalue weighted by Crippen LogP contribution is -2.06. The van der Waals surface area contributed by atoms with Crippen molar-refractivity contribution < 1.29 is 9.53 Å². The fourth-order valence-corrected chi connectivity index (χ4v) is 3.58. The molecule has 0 spiro atoms. The zero-order valence-corrected chi connectivity index (χ0v) is 14.9. The molecule has 1 heterocycles. The van der Waals surface area contributed by atoms with Crippen molar-refractivity contribution in [2.75, 3.05) is 6.61 Å². The van der Waals surface area contributed by atoms with Gasteiger partial charge >= 0.3 is 5.97 Å². The molecule has 0 unspecified atom stereocenters. The highest BCUT2D eigenvalue weighted by Gasteiger charge is 2.19. The Morgan fingerprint density at radius 2 is 2.04 bits per heavy atom. The van der Waals surface area contributed by atoms with E-state index in [1.54, 1.807) is 6.08 Å². The first-order valence-electron chi connectivity index (χ1n) is 9.14. The van der Waals surface area contributed by atoms with E-state index in [0.29, 0.717) is 6.61 Å². The predicted molar refractivity (Wildman–Crippen MR) is 103 cm³/mol. The van der Waals surface area contributed by atoms with Crippen LogP contribution in [0.4, 0.5) is 0 Å². The second-order valence-electron chi connectivity index (χ2n) is 6.66. The van der Waals surface area contributed by atoms with Gasteiger partial charge in [-0.3, -0.25) is 4.68 Å². The van der Waals surface area contributed by atoms with E-state index in [9.17, 15) is 4.79 Å². The molecule has 132 valence electrons. The Balaban J connectivity index is 1.60. The smallest absolute Gasteiger partial charge is 0.331 e. The number of aryl methyl sites for hydroxylation is 1. The van der Waals surface area contributed by atoms with Crippen molar-refractivity contribution in [1.82, 2.24) is 9.78 Å². The average molecular weight is 346 g/mol. The molecule has 4 nitrogen and oxygen atoms in total. The number of carbonyl (C=O) groups excluding carboxylic acids is 1. The number of allylic oxidation sites excluding steroid dienone is 1. The summed E-state index contributed by atoms with van der Waals surface area (Å²) in [5, 5.41) is 7.25. The summed E-state index contributed by atoms with van der Waals surface area (Å²) in [4.78, 5) is 11.8. The van der Waals surface area contributed by atoms with Crippen LogP contribution < -0.4 is 0 Å². The van der Waals surface area contributed by atoms with E-state index in [4.69, 9.17) is 9.84 Å². The zero-order valence-electron chi connectivity index (χ0n) is 14.9. The normalized spacial score (nSPS) is 15.2. The third-order valence-corrected chi connectivity index (χ3v) is 4.77. The lowest BCUT2D eigenvalue weighted by atomic mass is 9.93. The van der Waals surface area contributed by atoms with Crippen LogP contribution in [0, 0.1) is 0 Å². The summed E-state index contributed by atoms with van der Waals surface area (Å²) in [5.74, 6) is -0.278. The zero-order chi connectivity index (χ0) is 17.9. The molecule has 1 aliphatic rings. The molecule has 0 saturated carbocycles. The highest BCUT2D eigenvalue weighted by molar-refractivity contribution is 5.91. The van der Waals surface area contributed by atoms with Gasteiger partial charge in [-0.25, -0.2) is 4.79 Å². The second-order valence-corrected chi connectivity index (χ2v) is 6.66. The van der Waals surface area contributed by atoms with Crippen molar-refractivity contribution in [3.05, 3.63) is 71.6 Å². The number of ether oxygens (including phenoxy) is 1. The molecule has 4 rings (SSSR count). The van der Waals surface area contributed by atoms with Crippen LogP contribution in [-0.2, 0) is 22.5 Å². The van der Waals surface area contributed by atoms with Crippen LogP contribution in [-0.4, -0.2) is 22.4 Å². The lowest BCUT2D eigenvalue weighted by Gasteiger charge is -2.12. The van der Waals surface area contributed by atoms with Crippen molar-refractivity contribution in [3.63, 3.8) is 0 Å². The molecule has 0 N–H and O–H groups in total. The van der Waals surface area contributed by atoms with Crippen LogP contribution in [0.15, 0.2) is 54.7 Å². The van der Waals surface area contributed by atoms with Crippen molar-refractivity contribution in [2.24, 2.45) is 0 Å². The minimum absolute atomic E-state index is 0.278. The van der Waals surface area contributed by atoms with Gasteiger partial charge in [0.15, 0.2) is 0 Å². The Hall–Kier alpha value is -2.88. The third-order valence-electron chi connectivity index (χ3n) is 4.77. The third kappa shape index (κ3) is 3.40. The van der Waals surface area contributed by atoms with E-state index in [2.05, 4.69) is 48.7 Å². The first kappa shape index (κ1) is 16.6. The van der Waals surface area contributed by atoms with Gasteiger partial charge in [-0.05, 0) is 59.7 Å². The van der Waals surface area contributed by atoms with Crippen LogP contribution in [0.3, 0.4) is 0 Å². The number of hydrogen-bond acceptors (Lipinski definition) is 3. The molecule has 26 heavy (non-hydrogen) atoms. The number of esters is 1. The van der Waals surface area contributed by atoms with Gasteiger partial charge in [0, 0.05) is 12.3 Å². The lowest BCUT2D eigenvalue weighted by molar-refractivity contribution is -0.137. The summed E-state index contributed by atoms with van der Waals surface area (Å²) in [7, 11) is 0. The Kier molecular flexibility index (Phi) is 4.57. The van der Waals surface area contributed by atoms with Gasteiger partial charge in [-0.15, -0.1) is 0 Å². The van der Waals surface area contributed by atoms with Gasteiger partial charge in [0.25, 0.3) is 0 Å². The molecule has 4 heteroatoms. The molecular formula is C22H22N2O2. The first-order chi connectivity index (χ1) is 12.7. The Labute approximate surface area is 153 Å². The van der Waals surface area contributed by atoms with Crippen LogP contribution in [0.25, 0.3) is 16.3 Å². The topological polar surface area (TPSA) is 44.1 Å². The van der Waals surface area contributed by atoms with E-state index >= 15 is 0 Å². The van der Waals surface area contributed by atoms with Crippen LogP contribution in [0.5, 0.6) is 0 Å². The standard InChI is InChI=1S/C22H22N2O2/c1-2-26-21(25)13-19-8-5-9-20-15-24(23-22(19)20)14-16-10-11-17-6-3-4-7-18(17)12-16/h3-4,6-7,10-13,15H,2,5,8-9,14H2,1H3/b19-13+. The minimum Gasteiger partial charge on any atom is -0.463 e. The maximum atomic E-state index is 11.8. The van der Waals surface area contributed by atoms with Gasteiger partial charge in [0.1, 0.15) is 0 Å². The molecule has 0 fully saturated rings. The van der Waals surface area contributed by atoms with Gasteiger partial charge in [-0.2, -0.15) is 5.10 Å². The number of carbonyl (C=O) groups is 1. The van der Waals surface area contributed by atoms with Crippen molar-refractivity contribution >= 4 is 22.3 Å². The summed E-state index contributed by atoms with van der Waals surface area (Å²) in [5.41, 5.74) is 4.37. The summed E-state index contributed by atoms with van der Waals surface area (Å²) >= 11 is 0. The first-order valence-corrected chi connectivity index (χ1v) is 9.14. The highest BCUT2D eigenvalue weighted by atomic mass is 16.5. The van der Waals surface area contributed by atoms with Gasteiger partial charge in [-0.1, -0.05) is 36.4 Å². The van der Waals surface area contributed by atoms with E-state index in [0.717, 1.165) is 37.1 Å². The van der Waals surface area contributed by atoms with E-state index in [1.807, 2.05) is 11.6 Å². The highest BCUT2D eigenvalue weighted by Crippen LogP contribution is 2.30. The minimum atomic E-state index is -0.278. The predicted octanol–water partition coefficient (Wildman–Crippen LogP) is 4.37. The average Bonchev–Trinajstić information content (AvgIpc) is 3.05. The summed E-state index contributed by atoms with van der Waals surface area (Å²) < 4.78 is 7.04.